The van der Waals surface area contributed by atoms with Crippen molar-refractivity contribution in [2.24, 2.45) is 0 Å². The van der Waals surface area contributed by atoms with Crippen LogP contribution in [0, 0.1) is 0 Å². The van der Waals surface area contributed by atoms with Gasteiger partial charge in [0.25, 0.3) is 5.91 Å². The van der Waals surface area contributed by atoms with Crippen molar-refractivity contribution >= 4 is 23.2 Å². The van der Waals surface area contributed by atoms with Gasteiger partial charge in [-0.1, -0.05) is 55.8 Å². The second kappa shape index (κ2) is 14.0. The number of ether oxygens (including phenoxy) is 3. The molecule has 35 heavy (non-hydrogen) atoms. The normalized spacial score (nSPS) is 10.3. The first-order chi connectivity index (χ1) is 17.1. The smallest absolute Gasteiger partial charge is 0.257 e. The number of carbonyl (C=O) groups excluding carboxylic acids is 1. The SMILES string of the molecule is CCCCOc1ccc(CNC(=S)NC(=O)c2cccc(OCCc3ccccc3)c2)cc1OC. The van der Waals surface area contributed by atoms with Crippen molar-refractivity contribution in [2.75, 3.05) is 20.3 Å². The first-order valence-corrected chi connectivity index (χ1v) is 12.2. The maximum Gasteiger partial charge on any atom is 0.257 e. The molecule has 6 nitrogen and oxygen atoms in total. The van der Waals surface area contributed by atoms with E-state index in [9.17, 15) is 4.79 Å². The molecule has 0 unspecified atom stereocenters. The minimum absolute atomic E-state index is 0.243. The molecule has 0 bridgehead atoms. The number of nitrogens with one attached hydrogen (secondary N) is 2. The Morgan fingerprint density at radius 2 is 1.71 bits per heavy atom. The number of hydrogen-bond donors (Lipinski definition) is 2. The summed E-state index contributed by atoms with van der Waals surface area (Å²) in [5.41, 5.74) is 2.63. The van der Waals surface area contributed by atoms with E-state index in [1.807, 2.05) is 42.5 Å². The summed E-state index contributed by atoms with van der Waals surface area (Å²) in [5, 5.41) is 6.02. The van der Waals surface area contributed by atoms with E-state index in [0.717, 1.165) is 24.8 Å². The molecule has 0 aliphatic rings. The van der Waals surface area contributed by atoms with Crippen LogP contribution in [0.25, 0.3) is 0 Å². The fourth-order valence-electron chi connectivity index (χ4n) is 3.33. The number of carbonyl (C=O) groups is 1. The summed E-state index contributed by atoms with van der Waals surface area (Å²) in [6.45, 7) is 3.74. The predicted octanol–water partition coefficient (Wildman–Crippen LogP) is 5.30. The van der Waals surface area contributed by atoms with Crippen molar-refractivity contribution in [1.82, 2.24) is 10.6 Å². The average molecular weight is 493 g/mol. The maximum absolute atomic E-state index is 12.7. The lowest BCUT2D eigenvalue weighted by molar-refractivity contribution is 0.0976. The summed E-state index contributed by atoms with van der Waals surface area (Å²) >= 11 is 5.31. The van der Waals surface area contributed by atoms with Crippen molar-refractivity contribution in [3.8, 4) is 17.2 Å². The van der Waals surface area contributed by atoms with Gasteiger partial charge in [0, 0.05) is 18.5 Å². The molecule has 0 aliphatic heterocycles. The number of amides is 1. The highest BCUT2D eigenvalue weighted by molar-refractivity contribution is 7.80. The first kappa shape index (κ1) is 26.0. The molecule has 0 radical (unpaired) electrons. The van der Waals surface area contributed by atoms with Crippen LogP contribution in [0.5, 0.6) is 17.2 Å². The molecule has 7 heteroatoms. The lowest BCUT2D eigenvalue weighted by Gasteiger charge is -2.14. The van der Waals surface area contributed by atoms with E-state index in [0.29, 0.717) is 42.6 Å². The Balaban J connectivity index is 1.47. The van der Waals surface area contributed by atoms with E-state index in [1.54, 1.807) is 25.3 Å². The molecule has 0 saturated carbocycles. The summed E-state index contributed by atoms with van der Waals surface area (Å²) in [6.07, 6.45) is 2.85. The lowest BCUT2D eigenvalue weighted by Crippen LogP contribution is -2.38. The van der Waals surface area contributed by atoms with Crippen molar-refractivity contribution < 1.29 is 19.0 Å². The van der Waals surface area contributed by atoms with Gasteiger partial charge >= 0.3 is 0 Å². The van der Waals surface area contributed by atoms with Gasteiger partial charge in [-0.3, -0.25) is 10.1 Å². The monoisotopic (exact) mass is 492 g/mol. The van der Waals surface area contributed by atoms with Crippen LogP contribution >= 0.6 is 12.2 Å². The van der Waals surface area contributed by atoms with Crippen LogP contribution in [0.4, 0.5) is 0 Å². The lowest BCUT2D eigenvalue weighted by atomic mass is 10.2. The highest BCUT2D eigenvalue weighted by Gasteiger charge is 2.10. The number of thiocarbonyl (C=S) groups is 1. The zero-order valence-corrected chi connectivity index (χ0v) is 21.0. The topological polar surface area (TPSA) is 68.8 Å². The zero-order valence-electron chi connectivity index (χ0n) is 20.2. The Hall–Kier alpha value is -3.58. The average Bonchev–Trinajstić information content (AvgIpc) is 2.89. The summed E-state index contributed by atoms with van der Waals surface area (Å²) in [4.78, 5) is 12.7. The molecule has 0 atom stereocenters. The van der Waals surface area contributed by atoms with E-state index < -0.39 is 0 Å². The van der Waals surface area contributed by atoms with Gasteiger partial charge < -0.3 is 19.5 Å². The van der Waals surface area contributed by atoms with Gasteiger partial charge in [0.1, 0.15) is 5.75 Å². The standard InChI is InChI=1S/C28H32N2O4S/c1-3-4-16-34-25-14-13-22(18-26(25)32-2)20-29-28(35)30-27(31)23-11-8-12-24(19-23)33-17-15-21-9-6-5-7-10-21/h5-14,18-19H,3-4,15-17,20H2,1-2H3,(H2,29,30,31,35). The Labute approximate surface area is 212 Å². The Bertz CT molecular complexity index is 1110. The van der Waals surface area contributed by atoms with Crippen molar-refractivity contribution in [3.05, 3.63) is 89.5 Å². The molecule has 3 aromatic rings. The predicted molar refractivity (Wildman–Crippen MR) is 142 cm³/mol. The summed E-state index contributed by atoms with van der Waals surface area (Å²) in [6, 6.07) is 22.9. The van der Waals surface area contributed by atoms with Crippen LogP contribution in [0.1, 0.15) is 41.3 Å². The molecule has 0 fully saturated rings. The van der Waals surface area contributed by atoms with Crippen molar-refractivity contribution in [1.29, 1.82) is 0 Å². The molecule has 184 valence electrons. The molecule has 3 aromatic carbocycles. The Morgan fingerprint density at radius 1 is 0.886 bits per heavy atom. The molecular weight excluding hydrogens is 460 g/mol. The summed E-state index contributed by atoms with van der Waals surface area (Å²) in [7, 11) is 1.61. The van der Waals surface area contributed by atoms with Crippen molar-refractivity contribution in [2.45, 2.75) is 32.7 Å². The third kappa shape index (κ3) is 8.61. The molecule has 0 spiro atoms. The van der Waals surface area contributed by atoms with E-state index in [-0.39, 0.29) is 11.0 Å². The Morgan fingerprint density at radius 3 is 2.49 bits per heavy atom. The van der Waals surface area contributed by atoms with Crippen LogP contribution in [-0.4, -0.2) is 31.3 Å². The van der Waals surface area contributed by atoms with E-state index in [4.69, 9.17) is 26.4 Å². The Kier molecular flexibility index (Phi) is 10.4. The van der Waals surface area contributed by atoms with Crippen LogP contribution in [-0.2, 0) is 13.0 Å². The second-order valence-corrected chi connectivity index (χ2v) is 8.34. The minimum Gasteiger partial charge on any atom is -0.493 e. The van der Waals surface area contributed by atoms with E-state index in [2.05, 4.69) is 29.7 Å². The van der Waals surface area contributed by atoms with Gasteiger partial charge in [0.2, 0.25) is 0 Å². The van der Waals surface area contributed by atoms with Crippen LogP contribution < -0.4 is 24.8 Å². The van der Waals surface area contributed by atoms with E-state index in [1.165, 1.54) is 5.56 Å². The second-order valence-electron chi connectivity index (χ2n) is 7.94. The van der Waals surface area contributed by atoms with Crippen LogP contribution in [0.3, 0.4) is 0 Å². The van der Waals surface area contributed by atoms with Gasteiger partial charge in [-0.2, -0.15) is 0 Å². The molecular formula is C28H32N2O4S. The maximum atomic E-state index is 12.7. The third-order valence-electron chi connectivity index (χ3n) is 5.26. The van der Waals surface area contributed by atoms with Crippen LogP contribution in [0.15, 0.2) is 72.8 Å². The fraction of sp³-hybridized carbons (Fsp3) is 0.286. The number of unbranched alkanes of at least 4 members (excludes halogenated alkanes) is 1. The number of rotatable bonds is 12. The van der Waals surface area contributed by atoms with Crippen LogP contribution in [0.2, 0.25) is 0 Å². The largest absolute Gasteiger partial charge is 0.493 e. The highest BCUT2D eigenvalue weighted by Crippen LogP contribution is 2.28. The molecule has 0 aromatic heterocycles. The van der Waals surface area contributed by atoms with Gasteiger partial charge in [-0.05, 0) is 60.1 Å². The van der Waals surface area contributed by atoms with Crippen molar-refractivity contribution in [3.63, 3.8) is 0 Å². The summed E-state index contributed by atoms with van der Waals surface area (Å²) in [5.74, 6) is 1.72. The molecule has 0 heterocycles. The third-order valence-corrected chi connectivity index (χ3v) is 5.51. The quantitative estimate of drug-likeness (QED) is 0.264. The zero-order chi connectivity index (χ0) is 24.9. The minimum atomic E-state index is -0.298. The number of methoxy groups -OCH3 is 1. The first-order valence-electron chi connectivity index (χ1n) is 11.7. The molecule has 0 saturated heterocycles. The van der Waals surface area contributed by atoms with Gasteiger partial charge in [0.05, 0.1) is 20.3 Å². The molecule has 2 N–H and O–H groups in total. The fourth-order valence-corrected chi connectivity index (χ4v) is 3.49. The van der Waals surface area contributed by atoms with E-state index >= 15 is 0 Å². The molecule has 1 amide bonds. The number of hydrogen-bond acceptors (Lipinski definition) is 5. The highest BCUT2D eigenvalue weighted by atomic mass is 32.1. The van der Waals surface area contributed by atoms with Gasteiger partial charge in [-0.25, -0.2) is 0 Å². The van der Waals surface area contributed by atoms with Gasteiger partial charge in [0.15, 0.2) is 16.6 Å². The van der Waals surface area contributed by atoms with Gasteiger partial charge in [-0.15, -0.1) is 0 Å². The molecule has 0 aliphatic carbocycles. The molecule has 3 rings (SSSR count). The summed E-state index contributed by atoms with van der Waals surface area (Å²) < 4.78 is 17.0. The number of benzene rings is 3.